The molecule has 1 aromatic carbocycles. The van der Waals surface area contributed by atoms with Crippen LogP contribution < -0.4 is 4.90 Å². The van der Waals surface area contributed by atoms with Gasteiger partial charge in [-0.1, -0.05) is 18.2 Å². The van der Waals surface area contributed by atoms with Crippen molar-refractivity contribution in [1.29, 1.82) is 0 Å². The Bertz CT molecular complexity index is 807. The number of aryl methyl sites for hydroxylation is 1. The predicted molar refractivity (Wildman–Crippen MR) is 89.3 cm³/mol. The molecule has 3 atom stereocenters. The lowest BCUT2D eigenvalue weighted by Gasteiger charge is -2.21. The third kappa shape index (κ3) is 3.04. The van der Waals surface area contributed by atoms with E-state index in [0.29, 0.717) is 42.1 Å². The van der Waals surface area contributed by atoms with E-state index >= 15 is 0 Å². The van der Waals surface area contributed by atoms with Crippen molar-refractivity contribution in [2.24, 2.45) is 11.8 Å². The standard InChI is InChI=1S/C19H19F4N3/c1-11-17(20)8-24-18(25-11)26-9-13-6-12(7-14(13)10-26)15-4-2-3-5-16(15)19(21,22)23/h2-5,8,12-14H,6-7,9-10H2,1H3/t12-,13-,14+. The first-order valence-electron chi connectivity index (χ1n) is 8.73. The Kier molecular flexibility index (Phi) is 4.12. The molecule has 2 fully saturated rings. The van der Waals surface area contributed by atoms with Crippen LogP contribution in [0, 0.1) is 24.6 Å². The number of nitrogens with zero attached hydrogens (tertiary/aromatic N) is 3. The minimum absolute atomic E-state index is 0.0687. The van der Waals surface area contributed by atoms with E-state index < -0.39 is 17.6 Å². The number of halogens is 4. The van der Waals surface area contributed by atoms with Gasteiger partial charge in [-0.15, -0.1) is 0 Å². The molecular weight excluding hydrogens is 346 g/mol. The summed E-state index contributed by atoms with van der Waals surface area (Å²) in [6.07, 6.45) is -1.68. The van der Waals surface area contributed by atoms with Gasteiger partial charge in [-0.25, -0.2) is 14.4 Å². The molecule has 138 valence electrons. The summed E-state index contributed by atoms with van der Waals surface area (Å²) in [5, 5.41) is 0. The lowest BCUT2D eigenvalue weighted by Crippen LogP contribution is -2.24. The Morgan fingerprint density at radius 1 is 1.08 bits per heavy atom. The van der Waals surface area contributed by atoms with Gasteiger partial charge in [-0.05, 0) is 49.1 Å². The van der Waals surface area contributed by atoms with E-state index in [-0.39, 0.29) is 5.92 Å². The van der Waals surface area contributed by atoms with Crippen LogP contribution in [-0.2, 0) is 6.18 Å². The van der Waals surface area contributed by atoms with Crippen LogP contribution in [0.15, 0.2) is 30.5 Å². The van der Waals surface area contributed by atoms with Crippen molar-refractivity contribution in [3.05, 3.63) is 53.1 Å². The summed E-state index contributed by atoms with van der Waals surface area (Å²) in [6.45, 7) is 3.02. The fourth-order valence-electron chi connectivity index (χ4n) is 4.42. The van der Waals surface area contributed by atoms with Gasteiger partial charge in [0.25, 0.3) is 0 Å². The van der Waals surface area contributed by atoms with E-state index in [9.17, 15) is 17.6 Å². The number of alkyl halides is 3. The highest BCUT2D eigenvalue weighted by Gasteiger charge is 2.44. The second-order valence-corrected chi connectivity index (χ2v) is 7.28. The van der Waals surface area contributed by atoms with Crippen LogP contribution in [-0.4, -0.2) is 23.1 Å². The molecule has 2 aliphatic rings. The lowest BCUT2D eigenvalue weighted by atomic mass is 9.91. The molecule has 0 radical (unpaired) electrons. The van der Waals surface area contributed by atoms with Crippen LogP contribution in [0.3, 0.4) is 0 Å². The maximum Gasteiger partial charge on any atom is 0.416 e. The van der Waals surface area contributed by atoms with E-state index in [1.807, 2.05) is 4.90 Å². The second-order valence-electron chi connectivity index (χ2n) is 7.28. The Hall–Kier alpha value is -2.18. The van der Waals surface area contributed by atoms with E-state index in [4.69, 9.17) is 0 Å². The fourth-order valence-corrected chi connectivity index (χ4v) is 4.42. The molecule has 1 saturated carbocycles. The first kappa shape index (κ1) is 17.2. The fraction of sp³-hybridized carbons (Fsp3) is 0.474. The summed E-state index contributed by atoms with van der Waals surface area (Å²) in [7, 11) is 0. The quantitative estimate of drug-likeness (QED) is 0.730. The molecular formula is C19H19F4N3. The topological polar surface area (TPSA) is 29.0 Å². The second kappa shape index (κ2) is 6.21. The summed E-state index contributed by atoms with van der Waals surface area (Å²) in [5.41, 5.74) is 0.207. The molecule has 0 unspecified atom stereocenters. The van der Waals surface area contributed by atoms with Gasteiger partial charge in [0.2, 0.25) is 5.95 Å². The molecule has 0 N–H and O–H groups in total. The molecule has 26 heavy (non-hydrogen) atoms. The molecule has 1 aliphatic heterocycles. The molecule has 0 amide bonds. The number of anilines is 1. The van der Waals surface area contributed by atoms with Crippen LogP contribution >= 0.6 is 0 Å². The largest absolute Gasteiger partial charge is 0.416 e. The third-order valence-corrected chi connectivity index (χ3v) is 5.65. The average molecular weight is 365 g/mol. The number of hydrogen-bond donors (Lipinski definition) is 0. The van der Waals surface area contributed by atoms with E-state index in [0.717, 1.165) is 12.8 Å². The van der Waals surface area contributed by atoms with Crippen molar-refractivity contribution >= 4 is 5.95 Å². The van der Waals surface area contributed by atoms with Gasteiger partial charge in [-0.2, -0.15) is 13.2 Å². The van der Waals surface area contributed by atoms with Gasteiger partial charge >= 0.3 is 6.18 Å². The van der Waals surface area contributed by atoms with Crippen molar-refractivity contribution < 1.29 is 17.6 Å². The zero-order chi connectivity index (χ0) is 18.5. The summed E-state index contributed by atoms with van der Waals surface area (Å²) in [6, 6.07) is 5.90. The van der Waals surface area contributed by atoms with E-state index in [1.54, 1.807) is 19.1 Å². The molecule has 4 rings (SSSR count). The minimum atomic E-state index is -4.32. The maximum atomic E-state index is 13.4. The number of fused-ring (bicyclic) bond motifs is 1. The number of aromatic nitrogens is 2. The minimum Gasteiger partial charge on any atom is -0.340 e. The first-order chi connectivity index (χ1) is 12.3. The van der Waals surface area contributed by atoms with E-state index in [1.165, 1.54) is 18.3 Å². The molecule has 1 aromatic heterocycles. The molecule has 2 aromatic rings. The van der Waals surface area contributed by atoms with Gasteiger partial charge in [0.15, 0.2) is 5.82 Å². The van der Waals surface area contributed by atoms with Crippen LogP contribution in [0.4, 0.5) is 23.5 Å². The van der Waals surface area contributed by atoms with Crippen LogP contribution in [0.2, 0.25) is 0 Å². The van der Waals surface area contributed by atoms with Crippen molar-refractivity contribution in [3.8, 4) is 0 Å². The first-order valence-corrected chi connectivity index (χ1v) is 8.73. The Morgan fingerprint density at radius 2 is 1.73 bits per heavy atom. The Labute approximate surface area is 149 Å². The van der Waals surface area contributed by atoms with Gasteiger partial charge in [0, 0.05) is 13.1 Å². The molecule has 3 nitrogen and oxygen atoms in total. The maximum absolute atomic E-state index is 13.4. The Morgan fingerprint density at radius 3 is 2.35 bits per heavy atom. The number of hydrogen-bond acceptors (Lipinski definition) is 3. The summed E-state index contributed by atoms with van der Waals surface area (Å²) in [5.74, 6) is 0.633. The predicted octanol–water partition coefficient (Wildman–Crippen LogP) is 4.57. The zero-order valence-electron chi connectivity index (χ0n) is 14.3. The summed E-state index contributed by atoms with van der Waals surface area (Å²) >= 11 is 0. The lowest BCUT2D eigenvalue weighted by molar-refractivity contribution is -0.138. The van der Waals surface area contributed by atoms with Crippen molar-refractivity contribution in [2.75, 3.05) is 18.0 Å². The summed E-state index contributed by atoms with van der Waals surface area (Å²) < 4.78 is 53.2. The van der Waals surface area contributed by atoms with Gasteiger partial charge in [-0.3, -0.25) is 0 Å². The number of benzene rings is 1. The van der Waals surface area contributed by atoms with E-state index in [2.05, 4.69) is 9.97 Å². The third-order valence-electron chi connectivity index (χ3n) is 5.65. The smallest absolute Gasteiger partial charge is 0.340 e. The van der Waals surface area contributed by atoms with Crippen molar-refractivity contribution in [2.45, 2.75) is 31.9 Å². The monoisotopic (exact) mass is 365 g/mol. The molecule has 0 spiro atoms. The van der Waals surface area contributed by atoms with Crippen LogP contribution in [0.1, 0.15) is 35.6 Å². The van der Waals surface area contributed by atoms with Gasteiger partial charge < -0.3 is 4.90 Å². The molecule has 0 bridgehead atoms. The van der Waals surface area contributed by atoms with Crippen molar-refractivity contribution in [3.63, 3.8) is 0 Å². The normalized spacial score (nSPS) is 25.6. The van der Waals surface area contributed by atoms with Gasteiger partial charge in [0.05, 0.1) is 17.5 Å². The molecule has 7 heteroatoms. The van der Waals surface area contributed by atoms with Crippen LogP contribution in [0.25, 0.3) is 0 Å². The zero-order valence-corrected chi connectivity index (χ0v) is 14.3. The highest BCUT2D eigenvalue weighted by molar-refractivity contribution is 5.37. The van der Waals surface area contributed by atoms with Crippen LogP contribution in [0.5, 0.6) is 0 Å². The van der Waals surface area contributed by atoms with Crippen molar-refractivity contribution in [1.82, 2.24) is 9.97 Å². The molecule has 1 aliphatic carbocycles. The SMILES string of the molecule is Cc1nc(N2C[C@H]3C[C@@H](c4ccccc4C(F)(F)F)C[C@H]3C2)ncc1F. The number of rotatable bonds is 2. The highest BCUT2D eigenvalue weighted by atomic mass is 19.4. The molecule has 2 heterocycles. The highest BCUT2D eigenvalue weighted by Crippen LogP contribution is 2.49. The summed E-state index contributed by atoms with van der Waals surface area (Å²) in [4.78, 5) is 10.3. The Balaban J connectivity index is 1.50. The average Bonchev–Trinajstić information content (AvgIpc) is 3.15. The van der Waals surface area contributed by atoms with Gasteiger partial charge in [0.1, 0.15) is 0 Å². The molecule has 1 saturated heterocycles.